The van der Waals surface area contributed by atoms with E-state index in [-0.39, 0.29) is 12.1 Å². The zero-order chi connectivity index (χ0) is 12.2. The van der Waals surface area contributed by atoms with Gasteiger partial charge >= 0.3 is 0 Å². The smallest absolute Gasteiger partial charge is 0.228 e. The molecule has 1 fully saturated rings. The molecular weight excluding hydrogens is 228 g/mol. The molecule has 0 aromatic heterocycles. The fourth-order valence-corrected chi connectivity index (χ4v) is 3.45. The Morgan fingerprint density at radius 2 is 2.25 bits per heavy atom. The summed E-state index contributed by atoms with van der Waals surface area (Å²) in [4.78, 5) is 0. The first-order chi connectivity index (χ1) is 7.55. The van der Waals surface area contributed by atoms with Crippen molar-refractivity contribution in [3.05, 3.63) is 0 Å². The lowest BCUT2D eigenvalue weighted by Crippen LogP contribution is -2.44. The van der Waals surface area contributed by atoms with Crippen LogP contribution < -0.4 is 4.72 Å². The molecule has 1 N–H and O–H groups in total. The molecule has 0 saturated heterocycles. The molecule has 1 aliphatic rings. The maximum absolute atomic E-state index is 11.8. The van der Waals surface area contributed by atoms with Crippen molar-refractivity contribution in [2.45, 2.75) is 50.0 Å². The number of sulfonamides is 1. The van der Waals surface area contributed by atoms with E-state index < -0.39 is 15.3 Å². The van der Waals surface area contributed by atoms with Gasteiger partial charge in [-0.1, -0.05) is 6.92 Å². The molecule has 0 radical (unpaired) electrons. The molecule has 92 valence electrons. The minimum atomic E-state index is -3.54. The van der Waals surface area contributed by atoms with E-state index >= 15 is 0 Å². The number of ether oxygens (including phenoxy) is 1. The molecule has 16 heavy (non-hydrogen) atoms. The minimum absolute atomic E-state index is 0.0639. The lowest BCUT2D eigenvalue weighted by atomic mass is 10.2. The van der Waals surface area contributed by atoms with Crippen LogP contribution in [0.5, 0.6) is 0 Å². The summed E-state index contributed by atoms with van der Waals surface area (Å²) in [6, 6.07) is 1.62. The highest BCUT2D eigenvalue weighted by Crippen LogP contribution is 2.22. The van der Waals surface area contributed by atoms with E-state index in [0.29, 0.717) is 6.42 Å². The zero-order valence-corrected chi connectivity index (χ0v) is 10.5. The topological polar surface area (TPSA) is 79.2 Å². The van der Waals surface area contributed by atoms with Crippen molar-refractivity contribution < 1.29 is 13.2 Å². The van der Waals surface area contributed by atoms with Crippen molar-refractivity contribution in [3.63, 3.8) is 0 Å². The molecule has 3 unspecified atom stereocenters. The molecule has 6 heteroatoms. The van der Waals surface area contributed by atoms with Crippen LogP contribution in [-0.2, 0) is 14.8 Å². The van der Waals surface area contributed by atoms with Crippen molar-refractivity contribution in [2.75, 3.05) is 7.11 Å². The van der Waals surface area contributed by atoms with Gasteiger partial charge in [0.1, 0.15) is 0 Å². The van der Waals surface area contributed by atoms with Crippen LogP contribution in [0, 0.1) is 11.3 Å². The molecule has 0 aromatic rings. The van der Waals surface area contributed by atoms with Crippen LogP contribution in [0.25, 0.3) is 0 Å². The Hall–Kier alpha value is -0.640. The molecule has 5 nitrogen and oxygen atoms in total. The van der Waals surface area contributed by atoms with Gasteiger partial charge in [-0.05, 0) is 25.7 Å². The van der Waals surface area contributed by atoms with E-state index in [1.165, 1.54) is 0 Å². The summed E-state index contributed by atoms with van der Waals surface area (Å²) in [5.74, 6) is 0. The van der Waals surface area contributed by atoms with Crippen molar-refractivity contribution in [1.82, 2.24) is 4.72 Å². The molecule has 0 spiro atoms. The van der Waals surface area contributed by atoms with Crippen molar-refractivity contribution in [3.8, 4) is 6.07 Å². The average Bonchev–Trinajstić information content (AvgIpc) is 2.65. The van der Waals surface area contributed by atoms with Gasteiger partial charge < -0.3 is 4.74 Å². The second-order valence-corrected chi connectivity index (χ2v) is 5.90. The molecule has 0 aliphatic heterocycles. The standard InChI is InChI=1S/C10H18N2O3S/c1-3-8(7-11)16(13,14)12-9-5-4-6-10(9)15-2/h8-10,12H,3-6H2,1-2H3. The summed E-state index contributed by atoms with van der Waals surface area (Å²) in [6.07, 6.45) is 2.84. The fourth-order valence-electron chi connectivity index (χ4n) is 2.02. The van der Waals surface area contributed by atoms with E-state index in [0.717, 1.165) is 19.3 Å². The van der Waals surface area contributed by atoms with Gasteiger partial charge in [-0.2, -0.15) is 5.26 Å². The van der Waals surface area contributed by atoms with Crippen LogP contribution in [0.1, 0.15) is 32.6 Å². The lowest BCUT2D eigenvalue weighted by molar-refractivity contribution is 0.0916. The van der Waals surface area contributed by atoms with E-state index in [2.05, 4.69) is 4.72 Å². The third-order valence-corrected chi connectivity index (χ3v) is 4.78. The van der Waals surface area contributed by atoms with Crippen LogP contribution in [0.4, 0.5) is 0 Å². The molecule has 1 saturated carbocycles. The maximum Gasteiger partial charge on any atom is 0.228 e. The van der Waals surface area contributed by atoms with Gasteiger partial charge in [0.2, 0.25) is 10.0 Å². The second-order valence-electron chi connectivity index (χ2n) is 4.00. The largest absolute Gasteiger partial charge is 0.380 e. The Kier molecular flexibility index (Phi) is 4.71. The van der Waals surface area contributed by atoms with Gasteiger partial charge in [-0.15, -0.1) is 0 Å². The van der Waals surface area contributed by atoms with Crippen LogP contribution in [0.3, 0.4) is 0 Å². The van der Waals surface area contributed by atoms with Gasteiger partial charge in [-0.3, -0.25) is 0 Å². The van der Waals surface area contributed by atoms with E-state index in [1.807, 2.05) is 6.07 Å². The predicted octanol–water partition coefficient (Wildman–Crippen LogP) is 0.775. The number of hydrogen-bond acceptors (Lipinski definition) is 4. The number of hydrogen-bond donors (Lipinski definition) is 1. The third kappa shape index (κ3) is 2.94. The normalized spacial score (nSPS) is 27.6. The highest BCUT2D eigenvalue weighted by molar-refractivity contribution is 7.90. The highest BCUT2D eigenvalue weighted by atomic mass is 32.2. The van der Waals surface area contributed by atoms with Crippen LogP contribution in [-0.4, -0.2) is 32.9 Å². The summed E-state index contributed by atoms with van der Waals surface area (Å²) in [7, 11) is -1.96. The lowest BCUT2D eigenvalue weighted by Gasteiger charge is -2.20. The van der Waals surface area contributed by atoms with Crippen LogP contribution in [0.15, 0.2) is 0 Å². The summed E-state index contributed by atoms with van der Waals surface area (Å²) < 4.78 is 31.4. The fraction of sp³-hybridized carbons (Fsp3) is 0.900. The summed E-state index contributed by atoms with van der Waals surface area (Å²) in [5.41, 5.74) is 0. The van der Waals surface area contributed by atoms with Gasteiger partial charge in [-0.25, -0.2) is 13.1 Å². The van der Waals surface area contributed by atoms with Crippen LogP contribution >= 0.6 is 0 Å². The SMILES string of the molecule is CCC(C#N)S(=O)(=O)NC1CCCC1OC. The summed E-state index contributed by atoms with van der Waals surface area (Å²) in [5, 5.41) is 7.79. The van der Waals surface area contributed by atoms with Crippen molar-refractivity contribution >= 4 is 10.0 Å². The number of methoxy groups -OCH3 is 1. The zero-order valence-electron chi connectivity index (χ0n) is 9.64. The van der Waals surface area contributed by atoms with Crippen molar-refractivity contribution in [1.29, 1.82) is 5.26 Å². The Labute approximate surface area is 96.8 Å². The van der Waals surface area contributed by atoms with Crippen LogP contribution in [0.2, 0.25) is 0 Å². The van der Waals surface area contributed by atoms with Gasteiger partial charge in [0, 0.05) is 13.2 Å². The molecule has 0 amide bonds. The molecule has 0 aromatic carbocycles. The first-order valence-electron chi connectivity index (χ1n) is 5.48. The maximum atomic E-state index is 11.8. The molecular formula is C10H18N2O3S. The first kappa shape index (κ1) is 13.4. The summed E-state index contributed by atoms with van der Waals surface area (Å²) in [6.45, 7) is 1.69. The Balaban J connectivity index is 2.69. The number of nitrogens with one attached hydrogen (secondary N) is 1. The molecule has 0 heterocycles. The van der Waals surface area contributed by atoms with E-state index in [4.69, 9.17) is 10.00 Å². The average molecular weight is 246 g/mol. The predicted molar refractivity (Wildman–Crippen MR) is 60.2 cm³/mol. The minimum Gasteiger partial charge on any atom is -0.380 e. The van der Waals surface area contributed by atoms with Gasteiger partial charge in [0.15, 0.2) is 5.25 Å². The van der Waals surface area contributed by atoms with Gasteiger partial charge in [0.25, 0.3) is 0 Å². The second kappa shape index (κ2) is 5.62. The monoisotopic (exact) mass is 246 g/mol. The van der Waals surface area contributed by atoms with E-state index in [9.17, 15) is 8.42 Å². The Morgan fingerprint density at radius 3 is 2.75 bits per heavy atom. The van der Waals surface area contributed by atoms with E-state index in [1.54, 1.807) is 14.0 Å². The first-order valence-corrected chi connectivity index (χ1v) is 7.03. The Morgan fingerprint density at radius 1 is 1.56 bits per heavy atom. The molecule has 1 rings (SSSR count). The number of rotatable bonds is 5. The summed E-state index contributed by atoms with van der Waals surface area (Å²) >= 11 is 0. The third-order valence-electron chi connectivity index (χ3n) is 2.96. The quantitative estimate of drug-likeness (QED) is 0.777. The highest BCUT2D eigenvalue weighted by Gasteiger charge is 2.33. The molecule has 0 bridgehead atoms. The van der Waals surface area contributed by atoms with Gasteiger partial charge in [0.05, 0.1) is 12.2 Å². The molecule has 3 atom stereocenters. The van der Waals surface area contributed by atoms with Crippen molar-refractivity contribution in [2.24, 2.45) is 0 Å². The number of nitriles is 1. The Bertz CT molecular complexity index is 361. The molecule has 1 aliphatic carbocycles. The number of nitrogens with zero attached hydrogens (tertiary/aromatic N) is 1.